The van der Waals surface area contributed by atoms with Crippen LogP contribution in [0.5, 0.6) is 5.75 Å². The number of hydrogen-bond donors (Lipinski definition) is 0. The minimum atomic E-state index is -0.459. The van der Waals surface area contributed by atoms with E-state index in [9.17, 15) is 9.59 Å². The molecular formula is C39H60N4O4. The molecule has 0 bridgehead atoms. The van der Waals surface area contributed by atoms with Gasteiger partial charge in [-0.05, 0) is 100 Å². The number of hydrogen-bond acceptors (Lipinski definition) is 6. The molecule has 8 heteroatoms. The number of allylic oxidation sites excluding steroid dienone is 1. The van der Waals surface area contributed by atoms with E-state index in [0.717, 1.165) is 51.1 Å². The molecule has 1 saturated heterocycles. The van der Waals surface area contributed by atoms with E-state index < -0.39 is 11.6 Å². The average Bonchev–Trinajstić information content (AvgIpc) is 3.02. The van der Waals surface area contributed by atoms with Crippen LogP contribution in [0.25, 0.3) is 6.08 Å². The lowest BCUT2D eigenvalue weighted by Crippen LogP contribution is -2.56. The van der Waals surface area contributed by atoms with E-state index in [1.54, 1.807) is 4.90 Å². The summed E-state index contributed by atoms with van der Waals surface area (Å²) in [6.07, 6.45) is 6.13. The van der Waals surface area contributed by atoms with Gasteiger partial charge in [-0.2, -0.15) is 0 Å². The van der Waals surface area contributed by atoms with Gasteiger partial charge in [0, 0.05) is 50.0 Å². The van der Waals surface area contributed by atoms with E-state index in [-0.39, 0.29) is 18.1 Å². The highest BCUT2D eigenvalue weighted by Crippen LogP contribution is 2.36. The van der Waals surface area contributed by atoms with Crippen molar-refractivity contribution in [1.82, 2.24) is 9.80 Å². The van der Waals surface area contributed by atoms with Gasteiger partial charge in [0.2, 0.25) is 6.41 Å². The fourth-order valence-corrected chi connectivity index (χ4v) is 5.76. The molecule has 0 aromatic heterocycles. The molecule has 1 aliphatic rings. The first-order valence-electron chi connectivity index (χ1n) is 17.3. The van der Waals surface area contributed by atoms with Crippen LogP contribution in [0.2, 0.25) is 0 Å². The predicted octanol–water partition coefficient (Wildman–Crippen LogP) is 8.16. The second-order valence-corrected chi connectivity index (χ2v) is 14.8. The summed E-state index contributed by atoms with van der Waals surface area (Å²) < 4.78 is 11.9. The standard InChI is InChI=1S/C39H60N4O4/c1-11-15-33-18-19-34(46-25-13-12-20-40-21-23-41(24-22-40)35-17-14-16-31(4)32(35)5)26-36(33)42(28-44)29-47-37(45)43(27-30(2)3)39(9,10)38(6,7)8/h11,14-19,26,28,30H,12-13,20-25,27,29H2,1-10H3/b15-11-. The summed E-state index contributed by atoms with van der Waals surface area (Å²) in [5.41, 5.74) is 4.94. The van der Waals surface area contributed by atoms with Crippen molar-refractivity contribution < 1.29 is 19.1 Å². The van der Waals surface area contributed by atoms with Gasteiger partial charge in [-0.15, -0.1) is 0 Å². The van der Waals surface area contributed by atoms with Crippen LogP contribution in [0, 0.1) is 25.2 Å². The van der Waals surface area contributed by atoms with Crippen molar-refractivity contribution in [3.63, 3.8) is 0 Å². The molecule has 3 rings (SSSR count). The van der Waals surface area contributed by atoms with Gasteiger partial charge < -0.3 is 19.3 Å². The summed E-state index contributed by atoms with van der Waals surface area (Å²) in [6, 6.07) is 12.3. The zero-order valence-corrected chi connectivity index (χ0v) is 30.8. The number of carbonyl (C=O) groups excluding carboxylic acids is 2. The summed E-state index contributed by atoms with van der Waals surface area (Å²) in [7, 11) is 0. The Kier molecular flexibility index (Phi) is 13.8. The first-order chi connectivity index (χ1) is 22.2. The maximum Gasteiger partial charge on any atom is 0.411 e. The number of unbranched alkanes of at least 4 members (excludes halogenated alkanes) is 1. The van der Waals surface area contributed by atoms with Crippen LogP contribution < -0.4 is 14.5 Å². The highest BCUT2D eigenvalue weighted by atomic mass is 16.6. The molecule has 8 nitrogen and oxygen atoms in total. The SMILES string of the molecule is C/C=C\c1ccc(OCCCCN2CCN(c3cccc(C)c3C)CC2)cc1N(C=O)COC(=O)N(CC(C)C)C(C)(C)C(C)(C)C. The van der Waals surface area contributed by atoms with Crippen molar-refractivity contribution in [2.24, 2.45) is 11.3 Å². The average molecular weight is 649 g/mol. The highest BCUT2D eigenvalue weighted by Gasteiger charge is 2.42. The van der Waals surface area contributed by atoms with Gasteiger partial charge in [0.1, 0.15) is 5.75 Å². The van der Waals surface area contributed by atoms with Crippen LogP contribution in [0.1, 0.15) is 84.9 Å². The van der Waals surface area contributed by atoms with E-state index in [0.29, 0.717) is 31.0 Å². The molecule has 0 spiro atoms. The van der Waals surface area contributed by atoms with Crippen LogP contribution >= 0.6 is 0 Å². The van der Waals surface area contributed by atoms with Crippen molar-refractivity contribution in [2.45, 2.75) is 87.6 Å². The largest absolute Gasteiger partial charge is 0.494 e. The minimum Gasteiger partial charge on any atom is -0.494 e. The number of carbonyl (C=O) groups is 2. The summed E-state index contributed by atoms with van der Waals surface area (Å²) in [5, 5.41) is 0. The van der Waals surface area contributed by atoms with Gasteiger partial charge in [-0.3, -0.25) is 14.6 Å². The molecule has 2 aromatic carbocycles. The molecule has 1 aliphatic heterocycles. The zero-order valence-electron chi connectivity index (χ0n) is 30.8. The molecule has 2 aromatic rings. The molecule has 0 N–H and O–H groups in total. The van der Waals surface area contributed by atoms with Crippen molar-refractivity contribution in [3.8, 4) is 5.75 Å². The number of piperazine rings is 1. The van der Waals surface area contributed by atoms with Gasteiger partial charge in [0.15, 0.2) is 6.73 Å². The zero-order chi connectivity index (χ0) is 34.8. The third kappa shape index (κ3) is 10.2. The topological polar surface area (TPSA) is 65.6 Å². The van der Waals surface area contributed by atoms with Crippen LogP contribution in [0.15, 0.2) is 42.5 Å². The van der Waals surface area contributed by atoms with Crippen molar-refractivity contribution in [1.29, 1.82) is 0 Å². The van der Waals surface area contributed by atoms with Crippen LogP contribution in [-0.2, 0) is 9.53 Å². The Morgan fingerprint density at radius 1 is 1.00 bits per heavy atom. The minimum absolute atomic E-state index is 0.175. The molecule has 260 valence electrons. The summed E-state index contributed by atoms with van der Waals surface area (Å²) in [6.45, 7) is 27.2. The number of nitrogens with zero attached hydrogens (tertiary/aromatic N) is 4. The quantitative estimate of drug-likeness (QED) is 0.110. The Balaban J connectivity index is 1.55. The fraction of sp³-hybridized carbons (Fsp3) is 0.590. The van der Waals surface area contributed by atoms with Crippen LogP contribution in [0.4, 0.5) is 16.2 Å². The smallest absolute Gasteiger partial charge is 0.411 e. The van der Waals surface area contributed by atoms with E-state index in [1.165, 1.54) is 21.7 Å². The molecule has 47 heavy (non-hydrogen) atoms. The van der Waals surface area contributed by atoms with Crippen molar-refractivity contribution >= 4 is 30.0 Å². The number of rotatable bonds is 15. The molecule has 1 heterocycles. The third-order valence-electron chi connectivity index (χ3n) is 9.82. The summed E-state index contributed by atoms with van der Waals surface area (Å²) in [4.78, 5) is 34.0. The highest BCUT2D eigenvalue weighted by molar-refractivity contribution is 5.82. The number of amides is 2. The lowest BCUT2D eigenvalue weighted by molar-refractivity contribution is -0.108. The Morgan fingerprint density at radius 3 is 2.32 bits per heavy atom. The van der Waals surface area contributed by atoms with Crippen molar-refractivity contribution in [2.75, 3.05) is 62.4 Å². The van der Waals surface area contributed by atoms with Crippen LogP contribution in [0.3, 0.4) is 0 Å². The van der Waals surface area contributed by atoms with Gasteiger partial charge in [-0.1, -0.05) is 58.9 Å². The molecule has 2 amide bonds. The van der Waals surface area contributed by atoms with Crippen molar-refractivity contribution in [3.05, 3.63) is 59.2 Å². The molecule has 0 atom stereocenters. The molecule has 0 saturated carbocycles. The monoisotopic (exact) mass is 648 g/mol. The third-order valence-corrected chi connectivity index (χ3v) is 9.82. The molecule has 0 radical (unpaired) electrons. The predicted molar refractivity (Wildman–Crippen MR) is 195 cm³/mol. The molecule has 0 aliphatic carbocycles. The summed E-state index contributed by atoms with van der Waals surface area (Å²) in [5.74, 6) is 0.948. The first-order valence-corrected chi connectivity index (χ1v) is 17.3. The van der Waals surface area contributed by atoms with Crippen LogP contribution in [-0.4, -0.2) is 80.4 Å². The lowest BCUT2D eigenvalue weighted by Gasteiger charge is -2.47. The Bertz CT molecular complexity index is 1340. The Morgan fingerprint density at radius 2 is 1.70 bits per heavy atom. The first kappa shape index (κ1) is 37.9. The Hall–Kier alpha value is -3.52. The summed E-state index contributed by atoms with van der Waals surface area (Å²) >= 11 is 0. The van der Waals surface area contributed by atoms with Gasteiger partial charge in [-0.25, -0.2) is 4.79 Å². The lowest BCUT2D eigenvalue weighted by atomic mass is 9.75. The van der Waals surface area contributed by atoms with Gasteiger partial charge in [0.25, 0.3) is 0 Å². The fourth-order valence-electron chi connectivity index (χ4n) is 5.76. The second kappa shape index (κ2) is 17.0. The molecule has 0 unspecified atom stereocenters. The number of aryl methyl sites for hydroxylation is 1. The van der Waals surface area contributed by atoms with Gasteiger partial charge >= 0.3 is 6.09 Å². The van der Waals surface area contributed by atoms with E-state index in [2.05, 4.69) is 90.3 Å². The maximum atomic E-state index is 13.4. The van der Waals surface area contributed by atoms with E-state index >= 15 is 0 Å². The van der Waals surface area contributed by atoms with E-state index in [1.807, 2.05) is 37.3 Å². The van der Waals surface area contributed by atoms with Gasteiger partial charge in [0.05, 0.1) is 12.3 Å². The number of ether oxygens (including phenoxy) is 2. The maximum absolute atomic E-state index is 13.4. The molecule has 1 fully saturated rings. The number of benzene rings is 2. The molecular weight excluding hydrogens is 588 g/mol. The normalized spacial score (nSPS) is 14.5. The second-order valence-electron chi connectivity index (χ2n) is 14.8. The number of anilines is 2. The Labute approximate surface area is 284 Å². The van der Waals surface area contributed by atoms with E-state index in [4.69, 9.17) is 9.47 Å².